The molecule has 5 heteroatoms. The van der Waals surface area contributed by atoms with E-state index >= 15 is 0 Å². The van der Waals surface area contributed by atoms with Crippen molar-refractivity contribution < 1.29 is 14.4 Å². The third-order valence-corrected chi connectivity index (χ3v) is 2.69. The standard InChI is InChI=1S/C12H13NO4/c1-8(13(14)15)5-10-7-12-9(3-4-17-12)6-11(10)16-2/h5-7H,3-4H2,1-2H3. The molecule has 1 heterocycles. The molecule has 2 rings (SSSR count). The van der Waals surface area contributed by atoms with Gasteiger partial charge in [0.25, 0.3) is 0 Å². The molecule has 1 aliphatic rings. The van der Waals surface area contributed by atoms with Gasteiger partial charge in [0.15, 0.2) is 0 Å². The average molecular weight is 235 g/mol. The smallest absolute Gasteiger partial charge is 0.243 e. The number of nitrogens with zero attached hydrogens (tertiary/aromatic N) is 1. The van der Waals surface area contributed by atoms with E-state index in [0.717, 1.165) is 17.7 Å². The number of allylic oxidation sites excluding steroid dienone is 1. The second-order valence-electron chi connectivity index (χ2n) is 3.84. The van der Waals surface area contributed by atoms with Crippen LogP contribution in [0.1, 0.15) is 18.1 Å². The molecular formula is C12H13NO4. The Morgan fingerprint density at radius 2 is 2.35 bits per heavy atom. The van der Waals surface area contributed by atoms with E-state index in [9.17, 15) is 10.1 Å². The summed E-state index contributed by atoms with van der Waals surface area (Å²) in [6, 6.07) is 3.66. The Morgan fingerprint density at radius 1 is 1.59 bits per heavy atom. The van der Waals surface area contributed by atoms with E-state index in [1.54, 1.807) is 13.2 Å². The first-order valence-corrected chi connectivity index (χ1v) is 5.28. The van der Waals surface area contributed by atoms with Crippen LogP contribution in [0.5, 0.6) is 11.5 Å². The summed E-state index contributed by atoms with van der Waals surface area (Å²) in [6.45, 7) is 2.10. The minimum Gasteiger partial charge on any atom is -0.496 e. The van der Waals surface area contributed by atoms with Crippen molar-refractivity contribution in [3.05, 3.63) is 39.1 Å². The molecule has 0 spiro atoms. The lowest BCUT2D eigenvalue weighted by molar-refractivity contribution is -0.422. The van der Waals surface area contributed by atoms with Gasteiger partial charge in [0, 0.05) is 30.5 Å². The van der Waals surface area contributed by atoms with Crippen LogP contribution in [0.25, 0.3) is 6.08 Å². The fraction of sp³-hybridized carbons (Fsp3) is 0.333. The summed E-state index contributed by atoms with van der Waals surface area (Å²) in [5.74, 6) is 1.42. The molecule has 0 amide bonds. The number of nitro groups is 1. The van der Waals surface area contributed by atoms with E-state index < -0.39 is 4.92 Å². The molecule has 0 unspecified atom stereocenters. The maximum absolute atomic E-state index is 10.6. The van der Waals surface area contributed by atoms with Crippen LogP contribution in [0, 0.1) is 10.1 Å². The summed E-state index contributed by atoms with van der Waals surface area (Å²) in [5.41, 5.74) is 1.82. The fourth-order valence-electron chi connectivity index (χ4n) is 1.79. The van der Waals surface area contributed by atoms with Gasteiger partial charge in [-0.05, 0) is 12.1 Å². The van der Waals surface area contributed by atoms with Crippen LogP contribution in [0.4, 0.5) is 0 Å². The summed E-state index contributed by atoms with van der Waals surface area (Å²) in [5, 5.41) is 10.6. The molecule has 0 saturated heterocycles. The number of ether oxygens (including phenoxy) is 2. The summed E-state index contributed by atoms with van der Waals surface area (Å²) < 4.78 is 10.7. The van der Waals surface area contributed by atoms with E-state index in [1.165, 1.54) is 13.0 Å². The third-order valence-electron chi connectivity index (χ3n) is 2.69. The SMILES string of the molecule is COc1cc2c(cc1C=C(C)[N+](=O)[O-])OCC2. The molecule has 1 aromatic carbocycles. The molecule has 0 aromatic heterocycles. The van der Waals surface area contributed by atoms with Crippen molar-refractivity contribution in [2.45, 2.75) is 13.3 Å². The Balaban J connectivity index is 2.46. The van der Waals surface area contributed by atoms with E-state index in [4.69, 9.17) is 9.47 Å². The lowest BCUT2D eigenvalue weighted by atomic mass is 10.1. The molecule has 0 radical (unpaired) electrons. The van der Waals surface area contributed by atoms with Gasteiger partial charge in [-0.25, -0.2) is 0 Å². The molecular weight excluding hydrogens is 222 g/mol. The molecule has 1 aliphatic heterocycles. The van der Waals surface area contributed by atoms with Crippen LogP contribution < -0.4 is 9.47 Å². The maximum atomic E-state index is 10.6. The minimum atomic E-state index is -0.423. The maximum Gasteiger partial charge on any atom is 0.243 e. The van der Waals surface area contributed by atoms with Crippen LogP contribution in [0.3, 0.4) is 0 Å². The summed E-state index contributed by atoms with van der Waals surface area (Å²) in [6.07, 6.45) is 2.34. The third kappa shape index (κ3) is 2.22. The van der Waals surface area contributed by atoms with Crippen molar-refractivity contribution in [3.63, 3.8) is 0 Å². The largest absolute Gasteiger partial charge is 0.496 e. The highest BCUT2D eigenvalue weighted by atomic mass is 16.6. The predicted molar refractivity (Wildman–Crippen MR) is 62.8 cm³/mol. The molecule has 0 saturated carbocycles. The van der Waals surface area contributed by atoms with Crippen molar-refractivity contribution in [1.29, 1.82) is 0 Å². The molecule has 1 aromatic rings. The van der Waals surface area contributed by atoms with Gasteiger partial charge in [-0.15, -0.1) is 0 Å². The van der Waals surface area contributed by atoms with E-state index in [-0.39, 0.29) is 5.70 Å². The Kier molecular flexibility index (Phi) is 2.99. The number of benzene rings is 1. The Morgan fingerprint density at radius 3 is 3.00 bits per heavy atom. The minimum absolute atomic E-state index is 0.0706. The number of hydrogen-bond acceptors (Lipinski definition) is 4. The number of hydrogen-bond donors (Lipinski definition) is 0. The average Bonchev–Trinajstić information content (AvgIpc) is 2.74. The van der Waals surface area contributed by atoms with Crippen LogP contribution >= 0.6 is 0 Å². The van der Waals surface area contributed by atoms with Gasteiger partial charge in [0.05, 0.1) is 18.6 Å². The molecule has 0 atom stereocenters. The zero-order chi connectivity index (χ0) is 12.4. The number of fused-ring (bicyclic) bond motifs is 1. The molecule has 0 N–H and O–H groups in total. The summed E-state index contributed by atoms with van der Waals surface area (Å²) in [7, 11) is 1.55. The van der Waals surface area contributed by atoms with Gasteiger partial charge < -0.3 is 9.47 Å². The molecule has 0 bridgehead atoms. The quantitative estimate of drug-likeness (QED) is 0.595. The van der Waals surface area contributed by atoms with Crippen LogP contribution in [0.2, 0.25) is 0 Å². The van der Waals surface area contributed by atoms with Crippen LogP contribution in [-0.2, 0) is 6.42 Å². The van der Waals surface area contributed by atoms with Crippen molar-refractivity contribution >= 4 is 6.08 Å². The fourth-order valence-corrected chi connectivity index (χ4v) is 1.79. The lowest BCUT2D eigenvalue weighted by Crippen LogP contribution is -1.95. The molecule has 5 nitrogen and oxygen atoms in total. The monoisotopic (exact) mass is 235 g/mol. The first-order valence-electron chi connectivity index (χ1n) is 5.28. The first-order chi connectivity index (χ1) is 8.11. The van der Waals surface area contributed by atoms with Crippen molar-refractivity contribution in [1.82, 2.24) is 0 Å². The van der Waals surface area contributed by atoms with Gasteiger partial charge >= 0.3 is 0 Å². The topological polar surface area (TPSA) is 61.6 Å². The lowest BCUT2D eigenvalue weighted by Gasteiger charge is -2.07. The first kappa shape index (κ1) is 11.4. The van der Waals surface area contributed by atoms with E-state index in [1.807, 2.05) is 6.07 Å². The zero-order valence-electron chi connectivity index (χ0n) is 9.73. The highest BCUT2D eigenvalue weighted by Gasteiger charge is 2.16. The molecule has 17 heavy (non-hydrogen) atoms. The second-order valence-corrected chi connectivity index (χ2v) is 3.84. The number of rotatable bonds is 3. The van der Waals surface area contributed by atoms with Crippen molar-refractivity contribution in [2.75, 3.05) is 13.7 Å². The van der Waals surface area contributed by atoms with Crippen molar-refractivity contribution in [2.24, 2.45) is 0 Å². The number of methoxy groups -OCH3 is 1. The second kappa shape index (κ2) is 4.45. The molecule has 0 aliphatic carbocycles. The normalized spacial score (nSPS) is 14.1. The summed E-state index contributed by atoms with van der Waals surface area (Å²) in [4.78, 5) is 10.2. The van der Waals surface area contributed by atoms with Crippen LogP contribution in [0.15, 0.2) is 17.8 Å². The highest BCUT2D eigenvalue weighted by Crippen LogP contribution is 2.33. The molecule has 0 fully saturated rings. The van der Waals surface area contributed by atoms with E-state index in [0.29, 0.717) is 17.9 Å². The highest BCUT2D eigenvalue weighted by molar-refractivity contribution is 5.63. The van der Waals surface area contributed by atoms with Gasteiger partial charge in [0.2, 0.25) is 5.70 Å². The van der Waals surface area contributed by atoms with Crippen molar-refractivity contribution in [3.8, 4) is 11.5 Å². The van der Waals surface area contributed by atoms with Gasteiger partial charge in [-0.1, -0.05) is 0 Å². The Bertz CT molecular complexity index is 494. The van der Waals surface area contributed by atoms with Gasteiger partial charge in [-0.3, -0.25) is 10.1 Å². The zero-order valence-corrected chi connectivity index (χ0v) is 9.73. The predicted octanol–water partition coefficient (Wildman–Crippen LogP) is 2.27. The summed E-state index contributed by atoms with van der Waals surface area (Å²) >= 11 is 0. The Labute approximate surface area is 98.8 Å². The Hall–Kier alpha value is -2.04. The van der Waals surface area contributed by atoms with Gasteiger partial charge in [-0.2, -0.15) is 0 Å². The van der Waals surface area contributed by atoms with Gasteiger partial charge in [0.1, 0.15) is 11.5 Å². The van der Waals surface area contributed by atoms with Crippen LogP contribution in [-0.4, -0.2) is 18.6 Å². The van der Waals surface area contributed by atoms with E-state index in [2.05, 4.69) is 0 Å². The molecule has 90 valence electrons.